The third kappa shape index (κ3) is 2.59. The van der Waals surface area contributed by atoms with Gasteiger partial charge in [0, 0.05) is 41.7 Å². The average Bonchev–Trinajstić information content (AvgIpc) is 3.01. The SMILES string of the molecule is CN1CCN(C(=O)c2cc3c(Cl)nc4ccccc4c3s2)CC1. The van der Waals surface area contributed by atoms with E-state index in [0.29, 0.717) is 5.15 Å². The summed E-state index contributed by atoms with van der Waals surface area (Å²) in [5, 5.41) is 2.38. The molecule has 1 amide bonds. The number of piperazine rings is 1. The molecule has 6 heteroatoms. The van der Waals surface area contributed by atoms with E-state index in [9.17, 15) is 4.79 Å². The maximum atomic E-state index is 12.8. The first kappa shape index (κ1) is 14.9. The van der Waals surface area contributed by atoms with Gasteiger partial charge < -0.3 is 9.80 Å². The van der Waals surface area contributed by atoms with Gasteiger partial charge in [-0.2, -0.15) is 0 Å². The van der Waals surface area contributed by atoms with Crippen molar-refractivity contribution in [2.45, 2.75) is 0 Å². The number of thiophene rings is 1. The number of carbonyl (C=O) groups is 1. The van der Waals surface area contributed by atoms with Crippen molar-refractivity contribution in [1.29, 1.82) is 0 Å². The second-order valence-electron chi connectivity index (χ2n) is 5.87. The van der Waals surface area contributed by atoms with Crippen molar-refractivity contribution in [2.75, 3.05) is 33.2 Å². The molecule has 1 fully saturated rings. The number of hydrogen-bond donors (Lipinski definition) is 0. The molecule has 1 aliphatic rings. The minimum atomic E-state index is 0.0967. The van der Waals surface area contributed by atoms with Crippen LogP contribution in [0.25, 0.3) is 21.0 Å². The summed E-state index contributed by atoms with van der Waals surface area (Å²) in [7, 11) is 2.08. The number of hydrogen-bond acceptors (Lipinski definition) is 4. The summed E-state index contributed by atoms with van der Waals surface area (Å²) in [6.07, 6.45) is 0. The zero-order valence-corrected chi connectivity index (χ0v) is 14.3. The summed E-state index contributed by atoms with van der Waals surface area (Å²) in [6, 6.07) is 9.80. The van der Waals surface area contributed by atoms with Crippen LogP contribution in [0.4, 0.5) is 0 Å². The van der Waals surface area contributed by atoms with Gasteiger partial charge in [0.2, 0.25) is 0 Å². The minimum absolute atomic E-state index is 0.0967. The number of halogens is 1. The van der Waals surface area contributed by atoms with Gasteiger partial charge in [0.15, 0.2) is 0 Å². The van der Waals surface area contributed by atoms with Gasteiger partial charge in [0.05, 0.1) is 10.4 Å². The predicted octanol–water partition coefficient (Wildman–Crippen LogP) is 3.49. The smallest absolute Gasteiger partial charge is 0.264 e. The van der Waals surface area contributed by atoms with Gasteiger partial charge in [-0.3, -0.25) is 4.79 Å². The van der Waals surface area contributed by atoms with E-state index in [1.807, 2.05) is 35.2 Å². The van der Waals surface area contributed by atoms with E-state index in [2.05, 4.69) is 16.9 Å². The summed E-state index contributed by atoms with van der Waals surface area (Å²) >= 11 is 7.84. The number of para-hydroxylation sites is 1. The molecule has 0 spiro atoms. The third-order valence-electron chi connectivity index (χ3n) is 4.32. The van der Waals surface area contributed by atoms with Crippen LogP contribution in [0.3, 0.4) is 0 Å². The number of amides is 1. The fourth-order valence-electron chi connectivity index (χ4n) is 2.94. The molecular weight excluding hydrogens is 330 g/mol. The van der Waals surface area contributed by atoms with Crippen LogP contribution in [0.1, 0.15) is 9.67 Å². The van der Waals surface area contributed by atoms with E-state index in [1.54, 1.807) is 0 Å². The van der Waals surface area contributed by atoms with E-state index in [0.717, 1.165) is 52.0 Å². The summed E-state index contributed by atoms with van der Waals surface area (Å²) in [5.41, 5.74) is 0.866. The molecular formula is C17H16ClN3OS. The number of pyridine rings is 1. The molecule has 0 N–H and O–H groups in total. The van der Waals surface area contributed by atoms with Gasteiger partial charge in [0.1, 0.15) is 5.15 Å². The van der Waals surface area contributed by atoms with E-state index in [1.165, 1.54) is 11.3 Å². The average molecular weight is 346 g/mol. The zero-order valence-electron chi connectivity index (χ0n) is 12.8. The van der Waals surface area contributed by atoms with Crippen LogP contribution in [0, 0.1) is 0 Å². The number of benzene rings is 1. The van der Waals surface area contributed by atoms with Gasteiger partial charge >= 0.3 is 0 Å². The number of carbonyl (C=O) groups excluding carboxylic acids is 1. The van der Waals surface area contributed by atoms with Crippen LogP contribution >= 0.6 is 22.9 Å². The quantitative estimate of drug-likeness (QED) is 0.633. The van der Waals surface area contributed by atoms with E-state index in [4.69, 9.17) is 11.6 Å². The number of fused-ring (bicyclic) bond motifs is 3. The monoisotopic (exact) mass is 345 g/mol. The Labute approximate surface area is 143 Å². The molecule has 4 rings (SSSR count). The molecule has 0 aliphatic carbocycles. The third-order valence-corrected chi connectivity index (χ3v) is 5.77. The van der Waals surface area contributed by atoms with E-state index < -0.39 is 0 Å². The predicted molar refractivity (Wildman–Crippen MR) is 95.5 cm³/mol. The maximum Gasteiger partial charge on any atom is 0.264 e. The van der Waals surface area contributed by atoms with Crippen molar-refractivity contribution in [3.05, 3.63) is 40.4 Å². The van der Waals surface area contributed by atoms with Crippen molar-refractivity contribution < 1.29 is 4.79 Å². The Balaban J connectivity index is 1.78. The molecule has 0 bridgehead atoms. The highest BCUT2D eigenvalue weighted by Gasteiger charge is 2.23. The van der Waals surface area contributed by atoms with Gasteiger partial charge in [-0.15, -0.1) is 11.3 Å². The Morgan fingerprint density at radius 3 is 2.70 bits per heavy atom. The largest absolute Gasteiger partial charge is 0.335 e. The summed E-state index contributed by atoms with van der Waals surface area (Å²) < 4.78 is 1.04. The lowest BCUT2D eigenvalue weighted by molar-refractivity contribution is 0.0669. The number of rotatable bonds is 1. The van der Waals surface area contributed by atoms with Crippen molar-refractivity contribution >= 4 is 49.8 Å². The van der Waals surface area contributed by atoms with Gasteiger partial charge in [-0.1, -0.05) is 29.8 Å². The molecule has 0 saturated carbocycles. The minimum Gasteiger partial charge on any atom is -0.335 e. The first-order valence-electron chi connectivity index (χ1n) is 7.59. The van der Waals surface area contributed by atoms with E-state index in [-0.39, 0.29) is 5.91 Å². The molecule has 118 valence electrons. The molecule has 3 aromatic rings. The Morgan fingerprint density at radius 2 is 1.91 bits per heavy atom. The summed E-state index contributed by atoms with van der Waals surface area (Å²) in [6.45, 7) is 3.39. The second-order valence-corrected chi connectivity index (χ2v) is 7.28. The number of nitrogens with zero attached hydrogens (tertiary/aromatic N) is 3. The molecule has 23 heavy (non-hydrogen) atoms. The Morgan fingerprint density at radius 1 is 1.17 bits per heavy atom. The highest BCUT2D eigenvalue weighted by Crippen LogP contribution is 2.36. The van der Waals surface area contributed by atoms with Crippen molar-refractivity contribution in [1.82, 2.24) is 14.8 Å². The van der Waals surface area contributed by atoms with Crippen molar-refractivity contribution in [2.24, 2.45) is 0 Å². The maximum absolute atomic E-state index is 12.8. The standard InChI is InChI=1S/C17H16ClN3OS/c1-20-6-8-21(9-7-20)17(22)14-10-12-15(23-14)11-4-2-3-5-13(11)19-16(12)18/h2-5,10H,6-9H2,1H3. The molecule has 2 aromatic heterocycles. The molecule has 1 aromatic carbocycles. The molecule has 1 aliphatic heterocycles. The first-order chi connectivity index (χ1) is 11.1. The van der Waals surface area contributed by atoms with Crippen LogP contribution < -0.4 is 0 Å². The number of likely N-dealkylation sites (N-methyl/N-ethyl adjacent to an activating group) is 1. The van der Waals surface area contributed by atoms with Gasteiger partial charge in [0.25, 0.3) is 5.91 Å². The lowest BCUT2D eigenvalue weighted by Gasteiger charge is -2.32. The normalized spacial score (nSPS) is 16.3. The highest BCUT2D eigenvalue weighted by atomic mass is 35.5. The molecule has 0 unspecified atom stereocenters. The van der Waals surface area contributed by atoms with Crippen LogP contribution in [0.5, 0.6) is 0 Å². The van der Waals surface area contributed by atoms with Crippen molar-refractivity contribution in [3.63, 3.8) is 0 Å². The fourth-order valence-corrected chi connectivity index (χ4v) is 4.40. The molecule has 0 atom stereocenters. The van der Waals surface area contributed by atoms with Crippen LogP contribution in [0.15, 0.2) is 30.3 Å². The van der Waals surface area contributed by atoms with Gasteiger partial charge in [-0.25, -0.2) is 4.98 Å². The fraction of sp³-hybridized carbons (Fsp3) is 0.294. The van der Waals surface area contributed by atoms with Crippen LogP contribution in [0.2, 0.25) is 5.15 Å². The Kier molecular flexibility index (Phi) is 3.71. The summed E-state index contributed by atoms with van der Waals surface area (Å²) in [4.78, 5) is 22.1. The topological polar surface area (TPSA) is 36.4 Å². The number of aromatic nitrogens is 1. The highest BCUT2D eigenvalue weighted by molar-refractivity contribution is 7.21. The van der Waals surface area contributed by atoms with Gasteiger partial charge in [-0.05, 0) is 19.2 Å². The Bertz CT molecular complexity index is 899. The van der Waals surface area contributed by atoms with Crippen LogP contribution in [-0.2, 0) is 0 Å². The van der Waals surface area contributed by atoms with Crippen LogP contribution in [-0.4, -0.2) is 53.9 Å². The van der Waals surface area contributed by atoms with Crippen molar-refractivity contribution in [3.8, 4) is 0 Å². The molecule has 3 heterocycles. The summed E-state index contributed by atoms with van der Waals surface area (Å²) in [5.74, 6) is 0.0967. The zero-order chi connectivity index (χ0) is 16.0. The lowest BCUT2D eigenvalue weighted by atomic mass is 10.2. The molecule has 0 radical (unpaired) electrons. The van der Waals surface area contributed by atoms with E-state index >= 15 is 0 Å². The Hall–Kier alpha value is -1.69. The first-order valence-corrected chi connectivity index (χ1v) is 8.78. The second kappa shape index (κ2) is 5.74. The molecule has 1 saturated heterocycles. The lowest BCUT2D eigenvalue weighted by Crippen LogP contribution is -2.46. The molecule has 4 nitrogen and oxygen atoms in total.